The molecule has 2 aliphatic rings. The summed E-state index contributed by atoms with van der Waals surface area (Å²) in [4.78, 5) is 14.4. The van der Waals surface area contributed by atoms with Crippen LogP contribution in [-0.4, -0.2) is 33.7 Å². The van der Waals surface area contributed by atoms with Gasteiger partial charge in [-0.3, -0.25) is 9.48 Å². The van der Waals surface area contributed by atoms with Gasteiger partial charge in [0.2, 0.25) is 5.91 Å². The van der Waals surface area contributed by atoms with Crippen LogP contribution in [0, 0.1) is 12.8 Å². The zero-order valence-corrected chi connectivity index (χ0v) is 12.2. The van der Waals surface area contributed by atoms with Crippen LogP contribution in [0.15, 0.2) is 24.5 Å². The van der Waals surface area contributed by atoms with Crippen molar-refractivity contribution in [2.75, 3.05) is 13.1 Å². The second-order valence-electron chi connectivity index (χ2n) is 6.10. The Labute approximate surface area is 120 Å². The summed E-state index contributed by atoms with van der Waals surface area (Å²) >= 11 is 0. The van der Waals surface area contributed by atoms with E-state index in [1.54, 1.807) is 0 Å². The molecular weight excluding hydrogens is 250 g/mol. The standard InChI is InChI=1S/C16H23N3O/c1-13-10-17-19(11-13)15-7-4-8-18(12-15)16(20)9-14-5-2-3-6-14/h2,5,10-11,14-15H,3-4,6-9,12H2,1H3/t14-,15+/m0/s1. The Morgan fingerprint density at radius 2 is 2.35 bits per heavy atom. The van der Waals surface area contributed by atoms with E-state index in [9.17, 15) is 4.79 Å². The van der Waals surface area contributed by atoms with E-state index >= 15 is 0 Å². The third-order valence-electron chi connectivity index (χ3n) is 4.40. The number of carbonyl (C=O) groups excluding carboxylic acids is 1. The minimum atomic E-state index is 0.315. The van der Waals surface area contributed by atoms with Crippen molar-refractivity contribution in [3.63, 3.8) is 0 Å². The lowest BCUT2D eigenvalue weighted by Crippen LogP contribution is -2.41. The van der Waals surface area contributed by atoms with Crippen LogP contribution in [0.25, 0.3) is 0 Å². The lowest BCUT2D eigenvalue weighted by molar-refractivity contribution is -0.133. The van der Waals surface area contributed by atoms with Crippen molar-refractivity contribution in [2.24, 2.45) is 5.92 Å². The molecule has 0 radical (unpaired) electrons. The van der Waals surface area contributed by atoms with Gasteiger partial charge in [-0.05, 0) is 44.1 Å². The summed E-state index contributed by atoms with van der Waals surface area (Å²) in [5, 5.41) is 4.40. The Kier molecular flexibility index (Phi) is 3.90. The summed E-state index contributed by atoms with van der Waals surface area (Å²) in [6.07, 6.45) is 13.5. The number of piperidine rings is 1. The Morgan fingerprint density at radius 1 is 1.45 bits per heavy atom. The Bertz CT molecular complexity index is 506. The fourth-order valence-electron chi connectivity index (χ4n) is 3.25. The molecule has 3 rings (SSSR count). The number of allylic oxidation sites excluding steroid dienone is 2. The largest absolute Gasteiger partial charge is 0.341 e. The van der Waals surface area contributed by atoms with Gasteiger partial charge in [-0.25, -0.2) is 0 Å². The summed E-state index contributed by atoms with van der Waals surface area (Å²) in [6, 6.07) is 0.348. The van der Waals surface area contributed by atoms with Crippen molar-refractivity contribution in [2.45, 2.75) is 45.1 Å². The Morgan fingerprint density at radius 3 is 3.05 bits per heavy atom. The minimum absolute atomic E-state index is 0.315. The van der Waals surface area contributed by atoms with Crippen LogP contribution < -0.4 is 0 Å². The summed E-state index contributed by atoms with van der Waals surface area (Å²) in [5.74, 6) is 0.782. The predicted molar refractivity (Wildman–Crippen MR) is 78.3 cm³/mol. The molecule has 0 N–H and O–H groups in total. The van der Waals surface area contributed by atoms with E-state index in [0.717, 1.165) is 38.8 Å². The van der Waals surface area contributed by atoms with Gasteiger partial charge in [0.05, 0.1) is 12.2 Å². The van der Waals surface area contributed by atoms with Gasteiger partial charge in [0.1, 0.15) is 0 Å². The number of likely N-dealkylation sites (tertiary alicyclic amines) is 1. The summed E-state index contributed by atoms with van der Waals surface area (Å²) in [7, 11) is 0. The van der Waals surface area contributed by atoms with E-state index in [4.69, 9.17) is 0 Å². The van der Waals surface area contributed by atoms with Crippen molar-refractivity contribution in [3.8, 4) is 0 Å². The number of nitrogens with zero attached hydrogens (tertiary/aromatic N) is 3. The SMILES string of the molecule is Cc1cnn([C@@H]2CCCN(C(=O)C[C@H]3C=CCC3)C2)c1. The molecule has 20 heavy (non-hydrogen) atoms. The van der Waals surface area contributed by atoms with Crippen molar-refractivity contribution in [1.82, 2.24) is 14.7 Å². The molecule has 0 unspecified atom stereocenters. The third kappa shape index (κ3) is 2.94. The van der Waals surface area contributed by atoms with Crippen LogP contribution in [0.2, 0.25) is 0 Å². The van der Waals surface area contributed by atoms with Crippen molar-refractivity contribution >= 4 is 5.91 Å². The molecule has 1 saturated heterocycles. The Hall–Kier alpha value is -1.58. The predicted octanol–water partition coefficient (Wildman–Crippen LogP) is 2.71. The molecule has 0 spiro atoms. The second kappa shape index (κ2) is 5.81. The molecule has 1 fully saturated rings. The first kappa shape index (κ1) is 13.4. The summed E-state index contributed by atoms with van der Waals surface area (Å²) in [5.41, 5.74) is 1.18. The van der Waals surface area contributed by atoms with Gasteiger partial charge in [-0.2, -0.15) is 5.10 Å². The van der Waals surface area contributed by atoms with E-state index in [1.807, 2.05) is 15.8 Å². The zero-order valence-electron chi connectivity index (χ0n) is 12.2. The van der Waals surface area contributed by atoms with E-state index in [1.165, 1.54) is 5.56 Å². The molecule has 0 saturated carbocycles. The van der Waals surface area contributed by atoms with Gasteiger partial charge >= 0.3 is 0 Å². The lowest BCUT2D eigenvalue weighted by atomic mass is 10.0. The lowest BCUT2D eigenvalue weighted by Gasteiger charge is -2.33. The number of hydrogen-bond donors (Lipinski definition) is 0. The number of rotatable bonds is 3. The highest BCUT2D eigenvalue weighted by molar-refractivity contribution is 5.76. The number of aromatic nitrogens is 2. The molecule has 1 aromatic rings. The first-order valence-electron chi connectivity index (χ1n) is 7.67. The maximum absolute atomic E-state index is 12.4. The number of aryl methyl sites for hydroxylation is 1. The highest BCUT2D eigenvalue weighted by Crippen LogP contribution is 2.25. The highest BCUT2D eigenvalue weighted by Gasteiger charge is 2.26. The summed E-state index contributed by atoms with van der Waals surface area (Å²) in [6.45, 7) is 3.78. The van der Waals surface area contributed by atoms with Gasteiger partial charge in [-0.15, -0.1) is 0 Å². The normalized spacial score (nSPS) is 26.1. The maximum atomic E-state index is 12.4. The molecule has 1 aliphatic carbocycles. The fourth-order valence-corrected chi connectivity index (χ4v) is 3.25. The van der Waals surface area contributed by atoms with Crippen LogP contribution in [0.1, 0.15) is 43.7 Å². The van der Waals surface area contributed by atoms with Crippen LogP contribution >= 0.6 is 0 Å². The van der Waals surface area contributed by atoms with Crippen molar-refractivity contribution < 1.29 is 4.79 Å². The summed E-state index contributed by atoms with van der Waals surface area (Å²) < 4.78 is 2.03. The number of hydrogen-bond acceptors (Lipinski definition) is 2. The molecule has 1 aromatic heterocycles. The molecule has 0 aromatic carbocycles. The van der Waals surface area contributed by atoms with Crippen LogP contribution in [-0.2, 0) is 4.79 Å². The van der Waals surface area contributed by atoms with Gasteiger partial charge in [-0.1, -0.05) is 12.2 Å². The molecule has 1 aliphatic heterocycles. The zero-order chi connectivity index (χ0) is 13.9. The molecule has 4 heteroatoms. The molecular formula is C16H23N3O. The molecule has 0 bridgehead atoms. The molecule has 2 atom stereocenters. The van der Waals surface area contributed by atoms with E-state index in [0.29, 0.717) is 24.3 Å². The average molecular weight is 273 g/mol. The fraction of sp³-hybridized carbons (Fsp3) is 0.625. The minimum Gasteiger partial charge on any atom is -0.341 e. The van der Waals surface area contributed by atoms with Crippen LogP contribution in [0.5, 0.6) is 0 Å². The third-order valence-corrected chi connectivity index (χ3v) is 4.40. The van der Waals surface area contributed by atoms with Crippen LogP contribution in [0.4, 0.5) is 0 Å². The maximum Gasteiger partial charge on any atom is 0.223 e. The Balaban J connectivity index is 1.59. The van der Waals surface area contributed by atoms with E-state index in [-0.39, 0.29) is 0 Å². The number of amides is 1. The number of carbonyl (C=O) groups is 1. The van der Waals surface area contributed by atoms with Crippen molar-refractivity contribution in [3.05, 3.63) is 30.1 Å². The highest BCUT2D eigenvalue weighted by atomic mass is 16.2. The first-order chi connectivity index (χ1) is 9.72. The van der Waals surface area contributed by atoms with Crippen LogP contribution in [0.3, 0.4) is 0 Å². The van der Waals surface area contributed by atoms with Gasteiger partial charge < -0.3 is 4.90 Å². The quantitative estimate of drug-likeness (QED) is 0.794. The molecule has 108 valence electrons. The van der Waals surface area contributed by atoms with Crippen molar-refractivity contribution in [1.29, 1.82) is 0 Å². The monoisotopic (exact) mass is 273 g/mol. The van der Waals surface area contributed by atoms with Gasteiger partial charge in [0.25, 0.3) is 0 Å². The molecule has 4 nitrogen and oxygen atoms in total. The smallest absolute Gasteiger partial charge is 0.223 e. The van der Waals surface area contributed by atoms with Gasteiger partial charge in [0.15, 0.2) is 0 Å². The van der Waals surface area contributed by atoms with E-state index in [2.05, 4.69) is 30.4 Å². The molecule has 2 heterocycles. The van der Waals surface area contributed by atoms with E-state index < -0.39 is 0 Å². The van der Waals surface area contributed by atoms with Gasteiger partial charge in [0, 0.05) is 25.7 Å². The average Bonchev–Trinajstić information content (AvgIpc) is 3.10. The topological polar surface area (TPSA) is 38.1 Å². The molecule has 1 amide bonds. The first-order valence-corrected chi connectivity index (χ1v) is 7.67. The second-order valence-corrected chi connectivity index (χ2v) is 6.10.